The van der Waals surface area contributed by atoms with Gasteiger partial charge in [0.25, 0.3) is 0 Å². The van der Waals surface area contributed by atoms with Crippen LogP contribution in [0.1, 0.15) is 49.3 Å². The Hall–Kier alpha value is -3.46. The molecule has 0 saturated carbocycles. The van der Waals surface area contributed by atoms with Crippen molar-refractivity contribution in [2.45, 2.75) is 26.7 Å². The van der Waals surface area contributed by atoms with Crippen LogP contribution in [-0.4, -0.2) is 36.4 Å². The van der Waals surface area contributed by atoms with Crippen LogP contribution < -0.4 is 9.47 Å². The van der Waals surface area contributed by atoms with Crippen molar-refractivity contribution in [3.63, 3.8) is 0 Å². The zero-order valence-corrected chi connectivity index (χ0v) is 16.1. The summed E-state index contributed by atoms with van der Waals surface area (Å²) in [5, 5.41) is 21.0. The molecule has 9 nitrogen and oxygen atoms in total. The molecular formula is C20H18O9. The van der Waals surface area contributed by atoms with Crippen molar-refractivity contribution in [3.8, 4) is 28.7 Å². The first-order valence-corrected chi connectivity index (χ1v) is 8.67. The Morgan fingerprint density at radius 3 is 2.55 bits per heavy atom. The zero-order chi connectivity index (χ0) is 21.0. The lowest BCUT2D eigenvalue weighted by atomic mass is 9.99. The van der Waals surface area contributed by atoms with Gasteiger partial charge < -0.3 is 33.9 Å². The molecule has 152 valence electrons. The molecule has 0 bridgehead atoms. The monoisotopic (exact) mass is 402 g/mol. The molecule has 0 radical (unpaired) electrons. The van der Waals surface area contributed by atoms with E-state index in [4.69, 9.17) is 23.7 Å². The van der Waals surface area contributed by atoms with Gasteiger partial charge in [0.15, 0.2) is 17.2 Å². The third kappa shape index (κ3) is 2.58. The maximum Gasteiger partial charge on any atom is 0.345 e. The predicted molar refractivity (Wildman–Crippen MR) is 96.6 cm³/mol. The van der Waals surface area contributed by atoms with E-state index in [1.54, 1.807) is 13.0 Å². The van der Waals surface area contributed by atoms with Crippen LogP contribution >= 0.6 is 0 Å². The Bertz CT molecular complexity index is 1070. The predicted octanol–water partition coefficient (Wildman–Crippen LogP) is 3.00. The number of carbonyl (C=O) groups excluding carboxylic acids is 2. The molecule has 0 aliphatic carbocycles. The topological polar surface area (TPSA) is 121 Å². The van der Waals surface area contributed by atoms with E-state index in [0.29, 0.717) is 16.9 Å². The maximum atomic E-state index is 12.5. The molecule has 4 rings (SSSR count). The number of phenols is 2. The van der Waals surface area contributed by atoms with Gasteiger partial charge in [-0.05, 0) is 25.5 Å². The van der Waals surface area contributed by atoms with Crippen LogP contribution in [0.3, 0.4) is 0 Å². The number of aromatic hydroxyl groups is 2. The second-order valence-electron chi connectivity index (χ2n) is 6.66. The van der Waals surface area contributed by atoms with Crippen molar-refractivity contribution in [1.82, 2.24) is 0 Å². The summed E-state index contributed by atoms with van der Waals surface area (Å²) < 4.78 is 27.2. The first-order chi connectivity index (χ1) is 13.8. The van der Waals surface area contributed by atoms with Crippen LogP contribution in [0.5, 0.6) is 28.7 Å². The van der Waals surface area contributed by atoms with Gasteiger partial charge in [0.05, 0.1) is 32.0 Å². The Morgan fingerprint density at radius 1 is 1.17 bits per heavy atom. The largest absolute Gasteiger partial charge is 0.507 e. The highest BCUT2D eigenvalue weighted by molar-refractivity contribution is 5.99. The summed E-state index contributed by atoms with van der Waals surface area (Å²) in [6.45, 7) is 2.97. The quantitative estimate of drug-likeness (QED) is 0.730. The number of phenolic OH excluding ortho intramolecular Hbond substituents is 2. The number of aryl methyl sites for hydroxylation is 1. The van der Waals surface area contributed by atoms with Crippen molar-refractivity contribution < 1.29 is 43.5 Å². The maximum absolute atomic E-state index is 12.5. The summed E-state index contributed by atoms with van der Waals surface area (Å²) in [6, 6.07) is 1.63. The molecular weight excluding hydrogens is 384 g/mol. The fraction of sp³-hybridized carbons (Fsp3) is 0.300. The van der Waals surface area contributed by atoms with Crippen molar-refractivity contribution in [2.24, 2.45) is 0 Å². The van der Waals surface area contributed by atoms with Crippen LogP contribution in [0, 0.1) is 13.8 Å². The molecule has 2 aromatic rings. The lowest BCUT2D eigenvalue weighted by Gasteiger charge is -2.25. The molecule has 1 atom stereocenters. The van der Waals surface area contributed by atoms with Crippen LogP contribution in [0.15, 0.2) is 6.07 Å². The summed E-state index contributed by atoms with van der Waals surface area (Å²) in [5.41, 5.74) is 0.940. The van der Waals surface area contributed by atoms with Crippen LogP contribution in [0.25, 0.3) is 0 Å². The van der Waals surface area contributed by atoms with E-state index >= 15 is 0 Å². The summed E-state index contributed by atoms with van der Waals surface area (Å²) in [4.78, 5) is 24.7. The summed E-state index contributed by atoms with van der Waals surface area (Å²) >= 11 is 0. The molecule has 0 spiro atoms. The lowest BCUT2D eigenvalue weighted by Crippen LogP contribution is -2.14. The molecule has 9 heteroatoms. The minimum absolute atomic E-state index is 0.0257. The van der Waals surface area contributed by atoms with Gasteiger partial charge in [-0.2, -0.15) is 0 Å². The Morgan fingerprint density at radius 2 is 1.90 bits per heavy atom. The van der Waals surface area contributed by atoms with Gasteiger partial charge in [-0.25, -0.2) is 9.59 Å². The molecule has 2 N–H and O–H groups in total. The molecule has 0 amide bonds. The van der Waals surface area contributed by atoms with E-state index in [-0.39, 0.29) is 40.4 Å². The van der Waals surface area contributed by atoms with Crippen LogP contribution in [-0.2, 0) is 20.8 Å². The highest BCUT2D eigenvalue weighted by atomic mass is 16.7. The minimum Gasteiger partial charge on any atom is -0.507 e. The second-order valence-corrected chi connectivity index (χ2v) is 6.66. The minimum atomic E-state index is -1.20. The van der Waals surface area contributed by atoms with Gasteiger partial charge in [0, 0.05) is 5.56 Å². The molecule has 2 aliphatic rings. The Balaban J connectivity index is 2.05. The number of hydrogen-bond acceptors (Lipinski definition) is 9. The van der Waals surface area contributed by atoms with E-state index in [9.17, 15) is 19.8 Å². The molecule has 2 heterocycles. The second kappa shape index (κ2) is 6.56. The van der Waals surface area contributed by atoms with Crippen molar-refractivity contribution in [2.75, 3.05) is 14.2 Å². The Labute approximate surface area is 165 Å². The normalized spacial score (nSPS) is 16.7. The number of hydrogen-bond donors (Lipinski definition) is 2. The average Bonchev–Trinajstić information content (AvgIpc) is 3.01. The number of benzene rings is 2. The first-order valence-electron chi connectivity index (χ1n) is 8.67. The van der Waals surface area contributed by atoms with Gasteiger partial charge in [-0.15, -0.1) is 0 Å². The molecule has 0 fully saturated rings. The molecule has 29 heavy (non-hydrogen) atoms. The number of ether oxygens (including phenoxy) is 5. The number of fused-ring (bicyclic) bond motifs is 1. The summed E-state index contributed by atoms with van der Waals surface area (Å²) in [6.07, 6.45) is -1.20. The number of rotatable bonds is 2. The molecule has 0 aromatic heterocycles. The van der Waals surface area contributed by atoms with Crippen molar-refractivity contribution >= 4 is 11.9 Å². The highest BCUT2D eigenvalue weighted by Crippen LogP contribution is 2.54. The third-order valence-corrected chi connectivity index (χ3v) is 5.06. The number of esters is 2. The van der Waals surface area contributed by atoms with E-state index < -0.39 is 29.7 Å². The van der Waals surface area contributed by atoms with Crippen molar-refractivity contribution in [1.29, 1.82) is 0 Å². The van der Waals surface area contributed by atoms with Crippen LogP contribution in [0.4, 0.5) is 0 Å². The SMILES string of the molecule is COC(=O)c1c(C)cc(OC)c2c1Oc1c(O)c(C)c(O)c3c1C(OC2)OC3=O. The van der Waals surface area contributed by atoms with E-state index in [2.05, 4.69) is 0 Å². The first kappa shape index (κ1) is 18.9. The van der Waals surface area contributed by atoms with Gasteiger partial charge >= 0.3 is 11.9 Å². The Kier molecular flexibility index (Phi) is 4.27. The van der Waals surface area contributed by atoms with Gasteiger partial charge in [-0.1, -0.05) is 0 Å². The van der Waals surface area contributed by atoms with Gasteiger partial charge in [-0.3, -0.25) is 0 Å². The number of methoxy groups -OCH3 is 2. The van der Waals surface area contributed by atoms with Gasteiger partial charge in [0.2, 0.25) is 6.29 Å². The molecule has 2 aliphatic heterocycles. The lowest BCUT2D eigenvalue weighted by molar-refractivity contribution is -0.114. The van der Waals surface area contributed by atoms with E-state index in [1.807, 2.05) is 0 Å². The molecule has 1 unspecified atom stereocenters. The molecule has 2 aromatic carbocycles. The smallest absolute Gasteiger partial charge is 0.345 e. The highest BCUT2D eigenvalue weighted by Gasteiger charge is 2.43. The summed E-state index contributed by atoms with van der Waals surface area (Å²) in [5.74, 6) is -1.99. The fourth-order valence-electron chi connectivity index (χ4n) is 3.55. The fourth-order valence-corrected chi connectivity index (χ4v) is 3.55. The average molecular weight is 402 g/mol. The number of carbonyl (C=O) groups is 2. The zero-order valence-electron chi connectivity index (χ0n) is 16.1. The third-order valence-electron chi connectivity index (χ3n) is 5.06. The summed E-state index contributed by atoms with van der Waals surface area (Å²) in [7, 11) is 2.69. The van der Waals surface area contributed by atoms with Crippen molar-refractivity contribution in [3.05, 3.63) is 39.4 Å². The van der Waals surface area contributed by atoms with Crippen LogP contribution in [0.2, 0.25) is 0 Å². The van der Waals surface area contributed by atoms with E-state index in [1.165, 1.54) is 21.1 Å². The van der Waals surface area contributed by atoms with E-state index in [0.717, 1.165) is 0 Å². The van der Waals surface area contributed by atoms with Gasteiger partial charge in [0.1, 0.15) is 22.6 Å². The molecule has 0 saturated heterocycles. The standard InChI is InChI=1S/C20H18O9/c1-7-5-10(25-3)9-6-27-20-13-12(19(24)29-20)14(21)8(2)15(22)17(13)28-16(9)11(7)18(23)26-4/h5,20-22H,6H2,1-4H3.